The van der Waals surface area contributed by atoms with Crippen molar-refractivity contribution < 1.29 is 19.4 Å². The van der Waals surface area contributed by atoms with Gasteiger partial charge < -0.3 is 15.2 Å². The Kier molecular flexibility index (Phi) is 9.16. The number of para-hydroxylation sites is 1. The fraction of sp³-hybridized carbons (Fsp3) is 0.393. The van der Waals surface area contributed by atoms with Crippen LogP contribution >= 0.6 is 0 Å². The first-order chi connectivity index (χ1) is 16.4. The number of benzene rings is 2. The molecule has 2 aromatic carbocycles. The second-order valence-corrected chi connectivity index (χ2v) is 9.14. The zero-order valence-electron chi connectivity index (χ0n) is 20.1. The van der Waals surface area contributed by atoms with Crippen LogP contribution in [0.2, 0.25) is 0 Å². The molecule has 0 spiro atoms. The molecule has 180 valence electrons. The van der Waals surface area contributed by atoms with E-state index in [1.165, 1.54) is 6.20 Å². The molecule has 6 nitrogen and oxygen atoms in total. The van der Waals surface area contributed by atoms with Gasteiger partial charge in [-0.05, 0) is 36.5 Å². The maximum Gasteiger partial charge on any atom is 0.340 e. The lowest BCUT2D eigenvalue weighted by Gasteiger charge is -2.27. The van der Waals surface area contributed by atoms with Gasteiger partial charge in [-0.3, -0.25) is 9.78 Å². The fourth-order valence-electron chi connectivity index (χ4n) is 4.03. The zero-order valence-corrected chi connectivity index (χ0v) is 20.1. The van der Waals surface area contributed by atoms with Gasteiger partial charge in [-0.25, -0.2) is 4.79 Å². The van der Waals surface area contributed by atoms with E-state index in [0.717, 1.165) is 22.9 Å². The summed E-state index contributed by atoms with van der Waals surface area (Å²) in [6, 6.07) is 18.9. The van der Waals surface area contributed by atoms with Crippen LogP contribution < -0.4 is 5.32 Å². The number of carbonyl (C=O) groups is 2. The van der Waals surface area contributed by atoms with Gasteiger partial charge in [-0.2, -0.15) is 0 Å². The van der Waals surface area contributed by atoms with Gasteiger partial charge in [0.25, 0.3) is 0 Å². The SMILES string of the molecule is CNC(=O)[C@H](CCC(C)C)C[C@H](O)[C@H](Cc1ccccc1)OC(=O)c1cnc2ccccc2c1. The van der Waals surface area contributed by atoms with Gasteiger partial charge in [-0.15, -0.1) is 0 Å². The molecule has 1 amide bonds. The van der Waals surface area contributed by atoms with Crippen molar-refractivity contribution in [3.63, 3.8) is 0 Å². The van der Waals surface area contributed by atoms with Crippen molar-refractivity contribution in [3.05, 3.63) is 78.0 Å². The molecule has 3 rings (SSSR count). The van der Waals surface area contributed by atoms with Crippen molar-refractivity contribution in [2.24, 2.45) is 11.8 Å². The van der Waals surface area contributed by atoms with E-state index in [1.54, 1.807) is 13.1 Å². The minimum absolute atomic E-state index is 0.108. The Morgan fingerprint density at radius 1 is 1.03 bits per heavy atom. The molecule has 3 atom stereocenters. The Labute approximate surface area is 201 Å². The number of hydrogen-bond donors (Lipinski definition) is 2. The summed E-state index contributed by atoms with van der Waals surface area (Å²) in [6.07, 6.45) is 1.80. The number of aromatic nitrogens is 1. The molecule has 0 unspecified atom stereocenters. The van der Waals surface area contributed by atoms with Gasteiger partial charge in [0.15, 0.2) is 0 Å². The number of carbonyl (C=O) groups excluding carboxylic acids is 2. The van der Waals surface area contributed by atoms with E-state index in [0.29, 0.717) is 24.3 Å². The van der Waals surface area contributed by atoms with E-state index in [9.17, 15) is 14.7 Å². The highest BCUT2D eigenvalue weighted by molar-refractivity contribution is 5.93. The van der Waals surface area contributed by atoms with Crippen LogP contribution in [0.25, 0.3) is 10.9 Å². The lowest BCUT2D eigenvalue weighted by Crippen LogP contribution is -2.38. The van der Waals surface area contributed by atoms with Crippen LogP contribution in [0.15, 0.2) is 66.9 Å². The normalized spacial score (nSPS) is 13.9. The quantitative estimate of drug-likeness (QED) is 0.408. The molecule has 0 radical (unpaired) electrons. The molecule has 0 saturated carbocycles. The number of amides is 1. The number of ether oxygens (including phenoxy) is 1. The van der Waals surface area contributed by atoms with Crippen molar-refractivity contribution in [1.29, 1.82) is 0 Å². The fourth-order valence-corrected chi connectivity index (χ4v) is 4.03. The van der Waals surface area contributed by atoms with Crippen LogP contribution in [0.5, 0.6) is 0 Å². The number of aliphatic hydroxyl groups excluding tert-OH is 1. The summed E-state index contributed by atoms with van der Waals surface area (Å²) in [5.41, 5.74) is 2.06. The maximum atomic E-state index is 13.0. The monoisotopic (exact) mass is 462 g/mol. The summed E-state index contributed by atoms with van der Waals surface area (Å²) >= 11 is 0. The molecule has 0 saturated heterocycles. The van der Waals surface area contributed by atoms with E-state index < -0.39 is 18.2 Å². The van der Waals surface area contributed by atoms with Crippen LogP contribution in [0, 0.1) is 11.8 Å². The lowest BCUT2D eigenvalue weighted by atomic mass is 9.89. The number of rotatable bonds is 11. The Hall–Kier alpha value is -3.25. The molecular formula is C28H34N2O4. The number of pyridine rings is 1. The van der Waals surface area contributed by atoms with Crippen LogP contribution in [-0.2, 0) is 16.0 Å². The number of esters is 1. The standard InChI is InChI=1S/C28H34N2O4/c1-19(2)13-14-22(27(32)29-3)17-25(31)26(15-20-9-5-4-6-10-20)34-28(33)23-16-21-11-7-8-12-24(21)30-18-23/h4-12,16,18-19,22,25-26,31H,13-15,17H2,1-3H3,(H,29,32)/t22-,25+,26+/m1/s1. The van der Waals surface area contributed by atoms with Crippen molar-refractivity contribution >= 4 is 22.8 Å². The third kappa shape index (κ3) is 7.12. The summed E-state index contributed by atoms with van der Waals surface area (Å²) in [7, 11) is 1.60. The minimum Gasteiger partial charge on any atom is -0.456 e. The van der Waals surface area contributed by atoms with E-state index in [1.807, 2.05) is 54.6 Å². The van der Waals surface area contributed by atoms with Crippen LogP contribution in [0.3, 0.4) is 0 Å². The Bertz CT molecular complexity index is 1080. The Balaban J connectivity index is 1.79. The number of nitrogens with zero attached hydrogens (tertiary/aromatic N) is 1. The van der Waals surface area contributed by atoms with Crippen molar-refractivity contribution in [2.75, 3.05) is 7.05 Å². The summed E-state index contributed by atoms with van der Waals surface area (Å²) in [5.74, 6) is -0.565. The number of hydrogen-bond acceptors (Lipinski definition) is 5. The van der Waals surface area contributed by atoms with Crippen LogP contribution in [-0.4, -0.2) is 41.2 Å². The van der Waals surface area contributed by atoms with Gasteiger partial charge in [0.1, 0.15) is 6.10 Å². The predicted molar refractivity (Wildman–Crippen MR) is 133 cm³/mol. The van der Waals surface area contributed by atoms with Crippen LogP contribution in [0.1, 0.15) is 49.0 Å². The van der Waals surface area contributed by atoms with E-state index in [2.05, 4.69) is 24.1 Å². The van der Waals surface area contributed by atoms with Crippen molar-refractivity contribution in [1.82, 2.24) is 10.3 Å². The highest BCUT2D eigenvalue weighted by atomic mass is 16.6. The minimum atomic E-state index is -0.993. The van der Waals surface area contributed by atoms with Gasteiger partial charge in [0, 0.05) is 31.0 Å². The first-order valence-electron chi connectivity index (χ1n) is 11.9. The van der Waals surface area contributed by atoms with E-state index >= 15 is 0 Å². The van der Waals surface area contributed by atoms with Crippen molar-refractivity contribution in [2.45, 2.75) is 51.7 Å². The Morgan fingerprint density at radius 3 is 2.44 bits per heavy atom. The van der Waals surface area contributed by atoms with Gasteiger partial charge in [-0.1, -0.05) is 68.8 Å². The lowest BCUT2D eigenvalue weighted by molar-refractivity contribution is -0.126. The molecule has 0 fully saturated rings. The average Bonchev–Trinajstić information content (AvgIpc) is 2.85. The molecule has 0 aliphatic heterocycles. The largest absolute Gasteiger partial charge is 0.456 e. The summed E-state index contributed by atoms with van der Waals surface area (Å²) in [4.78, 5) is 29.8. The van der Waals surface area contributed by atoms with Gasteiger partial charge in [0.05, 0.1) is 17.2 Å². The zero-order chi connectivity index (χ0) is 24.5. The molecule has 1 aromatic heterocycles. The molecule has 6 heteroatoms. The van der Waals surface area contributed by atoms with E-state index in [-0.39, 0.29) is 18.2 Å². The van der Waals surface area contributed by atoms with Gasteiger partial charge in [0.2, 0.25) is 5.91 Å². The molecule has 0 aliphatic rings. The molecule has 0 aliphatic carbocycles. The molecule has 34 heavy (non-hydrogen) atoms. The predicted octanol–water partition coefficient (Wildman–Crippen LogP) is 4.55. The first-order valence-corrected chi connectivity index (χ1v) is 11.9. The molecular weight excluding hydrogens is 428 g/mol. The third-order valence-corrected chi connectivity index (χ3v) is 6.03. The van der Waals surface area contributed by atoms with Gasteiger partial charge >= 0.3 is 5.97 Å². The number of aliphatic hydroxyl groups is 1. The Morgan fingerprint density at radius 2 is 1.74 bits per heavy atom. The summed E-state index contributed by atoms with van der Waals surface area (Å²) in [6.45, 7) is 4.21. The van der Waals surface area contributed by atoms with Crippen molar-refractivity contribution in [3.8, 4) is 0 Å². The summed E-state index contributed by atoms with van der Waals surface area (Å²) in [5, 5.41) is 14.7. The molecule has 0 bridgehead atoms. The number of fused-ring (bicyclic) bond motifs is 1. The highest BCUT2D eigenvalue weighted by Gasteiger charge is 2.30. The second-order valence-electron chi connectivity index (χ2n) is 9.14. The van der Waals surface area contributed by atoms with E-state index in [4.69, 9.17) is 4.74 Å². The number of nitrogens with one attached hydrogen (secondary N) is 1. The molecule has 1 heterocycles. The maximum absolute atomic E-state index is 13.0. The highest BCUT2D eigenvalue weighted by Crippen LogP contribution is 2.23. The second kappa shape index (κ2) is 12.3. The molecule has 3 aromatic rings. The smallest absolute Gasteiger partial charge is 0.340 e. The topological polar surface area (TPSA) is 88.5 Å². The summed E-state index contributed by atoms with van der Waals surface area (Å²) < 4.78 is 5.83. The average molecular weight is 463 g/mol. The molecule has 2 N–H and O–H groups in total. The van der Waals surface area contributed by atoms with Crippen LogP contribution in [0.4, 0.5) is 0 Å². The first kappa shape index (κ1) is 25.4. The third-order valence-electron chi connectivity index (χ3n) is 6.03.